The van der Waals surface area contributed by atoms with E-state index in [4.69, 9.17) is 11.6 Å². The highest BCUT2D eigenvalue weighted by molar-refractivity contribution is 7.86. The van der Waals surface area contributed by atoms with Crippen molar-refractivity contribution in [3.8, 4) is 5.75 Å². The molecule has 0 saturated heterocycles. The zero-order valence-electron chi connectivity index (χ0n) is 27.0. The SMILES string of the molecule is O=C(Nc1cc(S(=O)(=O)O)cc2cc(S(=O)(=O)O)c(N=Nc3ccc4c(CNc5nc(F)nc(F)c5Cl)cccc4c3S(=O)(=O)O)c(O)c12)c1ccccc1. The largest absolute Gasteiger partial charge is 0.505 e. The van der Waals surface area contributed by atoms with Gasteiger partial charge in [-0.05, 0) is 52.7 Å². The highest BCUT2D eigenvalue weighted by Gasteiger charge is 2.27. The van der Waals surface area contributed by atoms with Crippen LogP contribution in [0.1, 0.15) is 15.9 Å². The van der Waals surface area contributed by atoms with Crippen LogP contribution in [-0.2, 0) is 36.9 Å². The van der Waals surface area contributed by atoms with Crippen LogP contribution in [0.25, 0.3) is 21.5 Å². The van der Waals surface area contributed by atoms with Gasteiger partial charge < -0.3 is 15.7 Å². The summed E-state index contributed by atoms with van der Waals surface area (Å²) in [6, 6.07) is 16.0. The van der Waals surface area contributed by atoms with Gasteiger partial charge in [-0.15, -0.1) is 10.2 Å². The van der Waals surface area contributed by atoms with Crippen LogP contribution in [0.5, 0.6) is 5.75 Å². The summed E-state index contributed by atoms with van der Waals surface area (Å²) in [5.74, 6) is -3.72. The third kappa shape index (κ3) is 8.05. The second-order valence-corrected chi connectivity index (χ2v) is 15.9. The number of anilines is 2. The number of carbonyl (C=O) groups is 1. The van der Waals surface area contributed by atoms with Gasteiger partial charge in [0, 0.05) is 22.9 Å². The van der Waals surface area contributed by atoms with E-state index in [1.165, 1.54) is 48.5 Å². The molecule has 5 aromatic carbocycles. The van der Waals surface area contributed by atoms with Crippen molar-refractivity contribution in [1.29, 1.82) is 0 Å². The molecule has 23 heteroatoms. The number of benzene rings is 5. The Labute approximate surface area is 313 Å². The minimum absolute atomic E-state index is 0.0653. The monoisotopic (exact) mass is 834 g/mol. The Morgan fingerprint density at radius 3 is 2.16 bits per heavy atom. The first-order valence-corrected chi connectivity index (χ1v) is 19.6. The Morgan fingerprint density at radius 1 is 0.800 bits per heavy atom. The Balaban J connectivity index is 1.51. The van der Waals surface area contributed by atoms with Crippen LogP contribution in [0.15, 0.2) is 104 Å². The van der Waals surface area contributed by atoms with E-state index < -0.39 is 107 Å². The molecule has 0 spiro atoms. The molecule has 0 radical (unpaired) electrons. The van der Waals surface area contributed by atoms with E-state index in [0.29, 0.717) is 6.07 Å². The molecule has 0 saturated carbocycles. The highest BCUT2D eigenvalue weighted by Crippen LogP contribution is 2.46. The lowest BCUT2D eigenvalue weighted by molar-refractivity contribution is 0.102. The number of amides is 1. The number of carbonyl (C=O) groups excluding carboxylic acids is 1. The van der Waals surface area contributed by atoms with Crippen LogP contribution in [0.2, 0.25) is 5.02 Å². The molecule has 1 amide bonds. The van der Waals surface area contributed by atoms with E-state index in [2.05, 4.69) is 30.8 Å². The third-order valence-electron chi connectivity index (χ3n) is 7.81. The fraction of sp³-hybridized carbons (Fsp3) is 0.0312. The molecule has 0 fully saturated rings. The molecule has 6 aromatic rings. The minimum Gasteiger partial charge on any atom is -0.505 e. The van der Waals surface area contributed by atoms with Gasteiger partial charge in [-0.2, -0.15) is 44.0 Å². The fourth-order valence-corrected chi connectivity index (χ4v) is 7.65. The molecule has 0 aliphatic carbocycles. The number of halogens is 3. The fourth-order valence-electron chi connectivity index (χ4n) is 5.47. The smallest absolute Gasteiger partial charge is 0.313 e. The van der Waals surface area contributed by atoms with E-state index in [1.807, 2.05) is 0 Å². The van der Waals surface area contributed by atoms with Gasteiger partial charge in [0.1, 0.15) is 26.2 Å². The van der Waals surface area contributed by atoms with Gasteiger partial charge in [0.15, 0.2) is 11.6 Å². The highest BCUT2D eigenvalue weighted by atomic mass is 35.5. The zero-order chi connectivity index (χ0) is 40.0. The van der Waals surface area contributed by atoms with Gasteiger partial charge in [0.2, 0.25) is 5.95 Å². The first-order valence-electron chi connectivity index (χ1n) is 15.0. The number of hydrogen-bond donors (Lipinski definition) is 6. The van der Waals surface area contributed by atoms with Gasteiger partial charge in [0.25, 0.3) is 36.3 Å². The Hall–Kier alpha value is -5.75. The average molecular weight is 835 g/mol. The molecule has 1 heterocycles. The number of hydrogen-bond acceptors (Lipinski definition) is 13. The first-order chi connectivity index (χ1) is 25.7. The van der Waals surface area contributed by atoms with Gasteiger partial charge in [0.05, 0.1) is 10.6 Å². The summed E-state index contributed by atoms with van der Waals surface area (Å²) in [6.07, 6.45) is -1.42. The summed E-state index contributed by atoms with van der Waals surface area (Å²) in [6.45, 7) is -0.246. The molecule has 6 N–H and O–H groups in total. The first kappa shape index (κ1) is 39.0. The molecule has 0 unspecified atom stereocenters. The van der Waals surface area contributed by atoms with Gasteiger partial charge in [-0.25, -0.2) is 0 Å². The van der Waals surface area contributed by atoms with E-state index >= 15 is 0 Å². The quantitative estimate of drug-likeness (QED) is 0.0375. The summed E-state index contributed by atoms with van der Waals surface area (Å²) in [7, 11) is -15.5. The summed E-state index contributed by atoms with van der Waals surface area (Å²) < 4.78 is 132. The molecule has 0 bridgehead atoms. The normalized spacial score (nSPS) is 12.4. The number of phenolic OH excluding ortho intramolecular Hbond substituents is 1. The number of rotatable bonds is 10. The molecule has 1 aromatic heterocycles. The number of aromatic hydroxyl groups is 1. The summed E-state index contributed by atoms with van der Waals surface area (Å²) >= 11 is 5.82. The second-order valence-electron chi connectivity index (χ2n) is 11.3. The molecule has 0 atom stereocenters. The summed E-state index contributed by atoms with van der Waals surface area (Å²) in [5.41, 5.74) is -1.77. The number of aromatic nitrogens is 2. The van der Waals surface area contributed by atoms with Crippen molar-refractivity contribution in [3.05, 3.63) is 107 Å². The maximum absolute atomic E-state index is 13.8. The van der Waals surface area contributed by atoms with Crippen LogP contribution in [-0.4, -0.2) is 59.9 Å². The minimum atomic E-state index is -5.35. The van der Waals surface area contributed by atoms with Crippen molar-refractivity contribution in [2.75, 3.05) is 10.6 Å². The van der Waals surface area contributed by atoms with Gasteiger partial charge >= 0.3 is 6.08 Å². The van der Waals surface area contributed by atoms with Crippen molar-refractivity contribution in [1.82, 2.24) is 9.97 Å². The second kappa shape index (κ2) is 14.5. The van der Waals surface area contributed by atoms with E-state index in [0.717, 1.165) is 18.2 Å². The lowest BCUT2D eigenvalue weighted by atomic mass is 10.0. The predicted molar refractivity (Wildman–Crippen MR) is 192 cm³/mol. The molecule has 17 nitrogen and oxygen atoms in total. The topological polar surface area (TPSA) is 275 Å². The van der Waals surface area contributed by atoms with E-state index in [9.17, 15) is 57.6 Å². The van der Waals surface area contributed by atoms with Crippen LogP contribution >= 0.6 is 11.6 Å². The van der Waals surface area contributed by atoms with Crippen LogP contribution in [0.3, 0.4) is 0 Å². The Bertz CT molecular complexity index is 2960. The van der Waals surface area contributed by atoms with Crippen LogP contribution < -0.4 is 10.6 Å². The standard InChI is InChI=1S/C32H21ClF2N6O11S3/c33-25-29(34)38-32(35)39-30(25)36-14-16-7-4-8-20-19(16)9-10-21(28(20)55(50,51)52)40-41-26-23(54(47,48)49)12-17-11-18(53(44,45)46)13-22(24(17)27(26)42)37-31(43)15-5-2-1-3-6-15/h1-13,42H,14H2,(H,37,43)(H,36,38,39)(H,44,45,46)(H,47,48,49)(H,50,51,52). The van der Waals surface area contributed by atoms with Crippen molar-refractivity contribution < 1.29 is 57.6 Å². The number of azo groups is 1. The molecular weight excluding hydrogens is 814 g/mol. The van der Waals surface area contributed by atoms with Crippen molar-refractivity contribution in [2.24, 2.45) is 10.2 Å². The number of nitrogens with zero attached hydrogens (tertiary/aromatic N) is 4. The zero-order valence-corrected chi connectivity index (χ0v) is 30.2. The number of phenols is 1. The van der Waals surface area contributed by atoms with Crippen LogP contribution in [0, 0.1) is 12.0 Å². The Morgan fingerprint density at radius 2 is 1.51 bits per heavy atom. The summed E-state index contributed by atoms with van der Waals surface area (Å²) in [4.78, 5) is 16.4. The van der Waals surface area contributed by atoms with E-state index in [-0.39, 0.29) is 28.4 Å². The molecule has 0 aliphatic heterocycles. The molecule has 284 valence electrons. The predicted octanol–water partition coefficient (Wildman–Crippen LogP) is 6.44. The van der Waals surface area contributed by atoms with Gasteiger partial charge in [-0.1, -0.05) is 54.1 Å². The average Bonchev–Trinajstić information content (AvgIpc) is 3.10. The lowest BCUT2D eigenvalue weighted by Crippen LogP contribution is -2.13. The Kier molecular flexibility index (Phi) is 10.3. The van der Waals surface area contributed by atoms with Crippen molar-refractivity contribution in [2.45, 2.75) is 21.2 Å². The molecule has 0 aliphatic rings. The van der Waals surface area contributed by atoms with E-state index in [1.54, 1.807) is 6.07 Å². The number of fused-ring (bicyclic) bond motifs is 2. The molecule has 6 rings (SSSR count). The van der Waals surface area contributed by atoms with Crippen molar-refractivity contribution in [3.63, 3.8) is 0 Å². The molecule has 55 heavy (non-hydrogen) atoms. The van der Waals surface area contributed by atoms with Gasteiger partial charge in [-0.3, -0.25) is 18.5 Å². The third-order valence-corrected chi connectivity index (χ3v) is 10.8. The van der Waals surface area contributed by atoms with Crippen LogP contribution in [0.4, 0.5) is 31.7 Å². The maximum Gasteiger partial charge on any atom is 0.313 e. The number of nitrogens with one attached hydrogen (secondary N) is 2. The maximum atomic E-state index is 13.8. The van der Waals surface area contributed by atoms with Crippen molar-refractivity contribution >= 4 is 92.3 Å². The lowest BCUT2D eigenvalue weighted by Gasteiger charge is -2.15. The summed E-state index contributed by atoms with van der Waals surface area (Å²) in [5, 5.41) is 22.4. The molecular formula is C32H21ClF2N6O11S3.